The summed E-state index contributed by atoms with van der Waals surface area (Å²) in [6, 6.07) is 0. The minimum atomic E-state index is 0.278. The van der Waals surface area contributed by atoms with Gasteiger partial charge in [0.15, 0.2) is 0 Å². The quantitative estimate of drug-likeness (QED) is 0.590. The molecule has 0 amide bonds. The molecular weight excluding hydrogens is 102 g/mol. The highest BCUT2D eigenvalue weighted by Crippen LogP contribution is 1.96. The van der Waals surface area contributed by atoms with Crippen LogP contribution < -0.4 is 5.73 Å². The largest absolute Gasteiger partial charge is 0.380 e. The van der Waals surface area contributed by atoms with Gasteiger partial charge >= 0.3 is 0 Å². The third-order valence-electron chi connectivity index (χ3n) is 1.21. The van der Waals surface area contributed by atoms with Gasteiger partial charge in [0.25, 0.3) is 0 Å². The van der Waals surface area contributed by atoms with Crippen LogP contribution in [0.5, 0.6) is 0 Å². The Hall–Kier alpha value is -0.0800. The second-order valence-electron chi connectivity index (χ2n) is 1.88. The van der Waals surface area contributed by atoms with Crippen LogP contribution >= 0.6 is 0 Å². The molecule has 0 rings (SSSR count). The van der Waals surface area contributed by atoms with Gasteiger partial charge in [0.2, 0.25) is 0 Å². The lowest BCUT2D eigenvalue weighted by Gasteiger charge is -2.09. The number of rotatable bonds is 4. The van der Waals surface area contributed by atoms with E-state index in [1.54, 1.807) is 7.11 Å². The Morgan fingerprint density at radius 3 is 2.38 bits per heavy atom. The molecule has 0 aliphatic heterocycles. The molecular formula is C6H15NO. The van der Waals surface area contributed by atoms with E-state index in [9.17, 15) is 0 Å². The summed E-state index contributed by atoms with van der Waals surface area (Å²) in [5.74, 6) is 0. The van der Waals surface area contributed by atoms with E-state index in [0.29, 0.717) is 6.54 Å². The first kappa shape index (κ1) is 7.92. The summed E-state index contributed by atoms with van der Waals surface area (Å²) in [6.07, 6.45) is 2.50. The predicted octanol–water partition coefficient (Wildman–Crippen LogP) is 0.760. The summed E-state index contributed by atoms with van der Waals surface area (Å²) >= 11 is 0. The molecule has 0 aliphatic carbocycles. The van der Waals surface area contributed by atoms with Gasteiger partial charge in [-0.25, -0.2) is 0 Å². The number of nitrogens with two attached hydrogens (primary N) is 1. The van der Waals surface area contributed by atoms with Crippen molar-refractivity contribution in [3.05, 3.63) is 0 Å². The van der Waals surface area contributed by atoms with Crippen molar-refractivity contribution in [1.82, 2.24) is 0 Å². The summed E-state index contributed by atoms with van der Waals surface area (Å²) in [4.78, 5) is 0. The molecule has 8 heavy (non-hydrogen) atoms. The van der Waals surface area contributed by atoms with Crippen LogP contribution in [0.25, 0.3) is 0 Å². The number of hydrogen-bond acceptors (Lipinski definition) is 2. The molecule has 0 aromatic rings. The third kappa shape index (κ3) is 2.99. The van der Waals surface area contributed by atoms with Crippen molar-refractivity contribution in [1.29, 1.82) is 0 Å². The van der Waals surface area contributed by atoms with Crippen LogP contribution in [0, 0.1) is 0 Å². The van der Waals surface area contributed by atoms with Crippen LogP contribution in [-0.4, -0.2) is 19.8 Å². The SMILES string of the molecule is CCC[C@H](CN)OC. The van der Waals surface area contributed by atoms with Gasteiger partial charge in [-0.05, 0) is 6.42 Å². The van der Waals surface area contributed by atoms with E-state index < -0.39 is 0 Å². The number of hydrogen-bond donors (Lipinski definition) is 1. The monoisotopic (exact) mass is 117 g/mol. The standard InChI is InChI=1S/C6H15NO/c1-3-4-6(5-7)8-2/h6H,3-5,7H2,1-2H3/t6-/m1/s1. The molecule has 0 saturated heterocycles. The van der Waals surface area contributed by atoms with E-state index in [1.165, 1.54) is 0 Å². The average Bonchev–Trinajstić information content (AvgIpc) is 1.83. The number of ether oxygens (including phenoxy) is 1. The average molecular weight is 117 g/mol. The lowest BCUT2D eigenvalue weighted by Crippen LogP contribution is -2.21. The molecule has 0 aromatic heterocycles. The maximum absolute atomic E-state index is 5.34. The molecule has 2 N–H and O–H groups in total. The van der Waals surface area contributed by atoms with Crippen molar-refractivity contribution in [3.63, 3.8) is 0 Å². The molecule has 0 aromatic carbocycles. The highest BCUT2D eigenvalue weighted by molar-refractivity contribution is 4.54. The maximum atomic E-state index is 5.34. The fourth-order valence-electron chi connectivity index (χ4n) is 0.654. The molecule has 0 radical (unpaired) electrons. The first-order valence-electron chi connectivity index (χ1n) is 3.08. The maximum Gasteiger partial charge on any atom is 0.0693 e. The highest BCUT2D eigenvalue weighted by Gasteiger charge is 1.99. The lowest BCUT2D eigenvalue weighted by molar-refractivity contribution is 0.101. The summed E-state index contributed by atoms with van der Waals surface area (Å²) in [6.45, 7) is 2.77. The Balaban J connectivity index is 3.07. The van der Waals surface area contributed by atoms with E-state index in [1.807, 2.05) is 0 Å². The van der Waals surface area contributed by atoms with E-state index in [0.717, 1.165) is 12.8 Å². The molecule has 1 atom stereocenters. The molecule has 50 valence electrons. The van der Waals surface area contributed by atoms with Crippen molar-refractivity contribution >= 4 is 0 Å². The van der Waals surface area contributed by atoms with Crippen LogP contribution in [0.4, 0.5) is 0 Å². The summed E-state index contributed by atoms with van der Waals surface area (Å²) in [7, 11) is 1.70. The van der Waals surface area contributed by atoms with Gasteiger partial charge in [-0.2, -0.15) is 0 Å². The normalized spacial score (nSPS) is 13.9. The fourth-order valence-corrected chi connectivity index (χ4v) is 0.654. The molecule has 0 saturated carbocycles. The Kier molecular flexibility index (Phi) is 5.01. The van der Waals surface area contributed by atoms with E-state index in [2.05, 4.69) is 6.92 Å². The molecule has 0 unspecified atom stereocenters. The van der Waals surface area contributed by atoms with Crippen LogP contribution in [0.15, 0.2) is 0 Å². The van der Waals surface area contributed by atoms with Crippen LogP contribution in [0.1, 0.15) is 19.8 Å². The van der Waals surface area contributed by atoms with Crippen LogP contribution in [-0.2, 0) is 4.74 Å². The first-order valence-corrected chi connectivity index (χ1v) is 3.08. The molecule has 0 fully saturated rings. The zero-order valence-electron chi connectivity index (χ0n) is 5.68. The van der Waals surface area contributed by atoms with Crippen molar-refractivity contribution in [2.45, 2.75) is 25.9 Å². The van der Waals surface area contributed by atoms with E-state index >= 15 is 0 Å². The second kappa shape index (κ2) is 5.06. The van der Waals surface area contributed by atoms with Crippen molar-refractivity contribution < 1.29 is 4.74 Å². The second-order valence-corrected chi connectivity index (χ2v) is 1.88. The lowest BCUT2D eigenvalue weighted by atomic mass is 10.2. The topological polar surface area (TPSA) is 35.2 Å². The molecule has 2 nitrogen and oxygen atoms in total. The van der Waals surface area contributed by atoms with Gasteiger partial charge in [0.05, 0.1) is 6.10 Å². The molecule has 0 bridgehead atoms. The first-order chi connectivity index (χ1) is 3.85. The van der Waals surface area contributed by atoms with Crippen molar-refractivity contribution in [2.75, 3.05) is 13.7 Å². The van der Waals surface area contributed by atoms with Crippen molar-refractivity contribution in [3.8, 4) is 0 Å². The molecule has 0 aliphatic rings. The zero-order chi connectivity index (χ0) is 6.41. The van der Waals surface area contributed by atoms with Gasteiger partial charge < -0.3 is 10.5 Å². The Morgan fingerprint density at radius 2 is 2.25 bits per heavy atom. The summed E-state index contributed by atoms with van der Waals surface area (Å²) < 4.78 is 5.01. The molecule has 0 spiro atoms. The zero-order valence-corrected chi connectivity index (χ0v) is 5.68. The molecule has 0 heterocycles. The number of methoxy groups -OCH3 is 1. The third-order valence-corrected chi connectivity index (χ3v) is 1.21. The smallest absolute Gasteiger partial charge is 0.0693 e. The Bertz CT molecular complexity index is 43.8. The fraction of sp³-hybridized carbons (Fsp3) is 1.00. The van der Waals surface area contributed by atoms with Crippen molar-refractivity contribution in [2.24, 2.45) is 5.73 Å². The molecule has 2 heteroatoms. The van der Waals surface area contributed by atoms with Gasteiger partial charge in [-0.1, -0.05) is 13.3 Å². The van der Waals surface area contributed by atoms with Gasteiger partial charge in [-0.3, -0.25) is 0 Å². The Morgan fingerprint density at radius 1 is 1.62 bits per heavy atom. The summed E-state index contributed by atoms with van der Waals surface area (Å²) in [5.41, 5.74) is 5.34. The summed E-state index contributed by atoms with van der Waals surface area (Å²) in [5, 5.41) is 0. The Labute approximate surface area is 51.0 Å². The van der Waals surface area contributed by atoms with E-state index in [4.69, 9.17) is 10.5 Å². The minimum absolute atomic E-state index is 0.278. The van der Waals surface area contributed by atoms with Gasteiger partial charge in [0.1, 0.15) is 0 Å². The minimum Gasteiger partial charge on any atom is -0.380 e. The highest BCUT2D eigenvalue weighted by atomic mass is 16.5. The van der Waals surface area contributed by atoms with Gasteiger partial charge in [-0.15, -0.1) is 0 Å². The predicted molar refractivity (Wildman–Crippen MR) is 34.8 cm³/mol. The van der Waals surface area contributed by atoms with E-state index in [-0.39, 0.29) is 6.10 Å². The van der Waals surface area contributed by atoms with Gasteiger partial charge in [0, 0.05) is 13.7 Å². The van der Waals surface area contributed by atoms with Crippen LogP contribution in [0.3, 0.4) is 0 Å². The van der Waals surface area contributed by atoms with Crippen LogP contribution in [0.2, 0.25) is 0 Å².